The van der Waals surface area contributed by atoms with Crippen LogP contribution < -0.4 is 11.3 Å². The third-order valence-electron chi connectivity index (χ3n) is 3.20. The highest BCUT2D eigenvalue weighted by atomic mass is 32.1. The summed E-state index contributed by atoms with van der Waals surface area (Å²) in [6.45, 7) is 2.03. The third kappa shape index (κ3) is 3.34. The van der Waals surface area contributed by atoms with Crippen LogP contribution in [0.5, 0.6) is 0 Å². The van der Waals surface area contributed by atoms with Crippen LogP contribution in [0.2, 0.25) is 0 Å². The Morgan fingerprint density at radius 3 is 3.00 bits per heavy atom. The highest BCUT2D eigenvalue weighted by molar-refractivity contribution is 7.09. The summed E-state index contributed by atoms with van der Waals surface area (Å²) in [5, 5.41) is 2.04. The molecule has 20 heavy (non-hydrogen) atoms. The summed E-state index contributed by atoms with van der Waals surface area (Å²) >= 11 is 1.70. The van der Waals surface area contributed by atoms with Gasteiger partial charge in [0.15, 0.2) is 0 Å². The molecule has 1 atom stereocenters. The number of hydrogen-bond donors (Lipinski definition) is 2. The largest absolute Gasteiger partial charge is 0.337 e. The van der Waals surface area contributed by atoms with E-state index in [2.05, 4.69) is 16.5 Å². The zero-order valence-electron chi connectivity index (χ0n) is 11.5. The van der Waals surface area contributed by atoms with E-state index >= 15 is 0 Å². The van der Waals surface area contributed by atoms with Crippen LogP contribution in [0.25, 0.3) is 0 Å². The van der Waals surface area contributed by atoms with Crippen LogP contribution in [0.1, 0.15) is 22.3 Å². The van der Waals surface area contributed by atoms with Gasteiger partial charge in [-0.25, -0.2) is 0 Å². The second-order valence-electron chi connectivity index (χ2n) is 4.62. The van der Waals surface area contributed by atoms with E-state index in [1.165, 1.54) is 4.88 Å². The van der Waals surface area contributed by atoms with E-state index in [0.29, 0.717) is 11.4 Å². The van der Waals surface area contributed by atoms with Crippen molar-refractivity contribution in [3.63, 3.8) is 0 Å². The maximum Gasteiger partial charge on any atom is 0.272 e. The van der Waals surface area contributed by atoms with E-state index in [-0.39, 0.29) is 11.9 Å². The SMILES string of the molecule is CC(Cc1cccs1)N(C)C(=O)c1cc(NN)ccn1. The summed E-state index contributed by atoms with van der Waals surface area (Å²) in [6.07, 6.45) is 2.41. The number of nitrogens with zero attached hydrogens (tertiary/aromatic N) is 2. The molecular weight excluding hydrogens is 272 g/mol. The molecule has 0 aliphatic carbocycles. The lowest BCUT2D eigenvalue weighted by Gasteiger charge is -2.24. The number of nitrogens with two attached hydrogens (primary N) is 1. The van der Waals surface area contributed by atoms with Gasteiger partial charge in [0.1, 0.15) is 5.69 Å². The van der Waals surface area contributed by atoms with E-state index in [1.807, 2.05) is 18.4 Å². The van der Waals surface area contributed by atoms with Crippen molar-refractivity contribution in [1.82, 2.24) is 9.88 Å². The molecule has 0 saturated carbocycles. The zero-order chi connectivity index (χ0) is 14.5. The lowest BCUT2D eigenvalue weighted by Crippen LogP contribution is -2.36. The molecule has 0 saturated heterocycles. The van der Waals surface area contributed by atoms with Crippen molar-refractivity contribution in [1.29, 1.82) is 0 Å². The molecule has 3 N–H and O–H groups in total. The first-order chi connectivity index (χ1) is 9.61. The molecule has 2 heterocycles. The topological polar surface area (TPSA) is 71.2 Å². The Hall–Kier alpha value is -1.92. The number of nitrogen functional groups attached to an aromatic ring is 1. The molecule has 1 amide bonds. The van der Waals surface area contributed by atoms with Gasteiger partial charge in [0.05, 0.1) is 5.69 Å². The van der Waals surface area contributed by atoms with Crippen molar-refractivity contribution in [3.8, 4) is 0 Å². The number of anilines is 1. The number of likely N-dealkylation sites (N-methyl/N-ethyl adjacent to an activating group) is 1. The van der Waals surface area contributed by atoms with Crippen LogP contribution in [-0.4, -0.2) is 28.9 Å². The molecular formula is C14H18N4OS. The smallest absolute Gasteiger partial charge is 0.272 e. The number of rotatable bonds is 5. The second-order valence-corrected chi connectivity index (χ2v) is 5.65. The number of nitrogens with one attached hydrogen (secondary N) is 1. The van der Waals surface area contributed by atoms with Gasteiger partial charge in [-0.3, -0.25) is 15.6 Å². The molecule has 2 aromatic rings. The molecule has 0 bridgehead atoms. The first-order valence-electron chi connectivity index (χ1n) is 6.34. The van der Waals surface area contributed by atoms with Crippen LogP contribution in [-0.2, 0) is 6.42 Å². The molecule has 0 aliphatic rings. The quantitative estimate of drug-likeness (QED) is 0.653. The van der Waals surface area contributed by atoms with E-state index in [9.17, 15) is 4.79 Å². The summed E-state index contributed by atoms with van der Waals surface area (Å²) in [4.78, 5) is 19.5. The summed E-state index contributed by atoms with van der Waals surface area (Å²) in [6, 6.07) is 7.57. The Kier molecular flexibility index (Phi) is 4.70. The molecule has 2 aromatic heterocycles. The highest BCUT2D eigenvalue weighted by Crippen LogP contribution is 2.15. The number of thiophene rings is 1. The molecule has 0 aliphatic heterocycles. The molecule has 0 fully saturated rings. The molecule has 1 unspecified atom stereocenters. The van der Waals surface area contributed by atoms with Gasteiger partial charge in [0.2, 0.25) is 0 Å². The van der Waals surface area contributed by atoms with E-state index in [4.69, 9.17) is 5.84 Å². The van der Waals surface area contributed by atoms with Gasteiger partial charge in [-0.2, -0.15) is 0 Å². The van der Waals surface area contributed by atoms with Crippen molar-refractivity contribution in [2.24, 2.45) is 5.84 Å². The van der Waals surface area contributed by atoms with Crippen molar-refractivity contribution in [2.75, 3.05) is 12.5 Å². The minimum absolute atomic E-state index is 0.105. The number of carbonyl (C=O) groups excluding carboxylic acids is 1. The summed E-state index contributed by atoms with van der Waals surface area (Å²) in [7, 11) is 1.80. The van der Waals surface area contributed by atoms with E-state index in [1.54, 1.807) is 41.6 Å². The predicted molar refractivity (Wildman–Crippen MR) is 81.6 cm³/mol. The number of hydrazine groups is 1. The van der Waals surface area contributed by atoms with Crippen LogP contribution in [0.3, 0.4) is 0 Å². The second kappa shape index (κ2) is 6.49. The molecule has 5 nitrogen and oxygen atoms in total. The number of amides is 1. The highest BCUT2D eigenvalue weighted by Gasteiger charge is 2.19. The van der Waals surface area contributed by atoms with E-state index < -0.39 is 0 Å². The Labute approximate surface area is 122 Å². The summed E-state index contributed by atoms with van der Waals surface area (Å²) in [5.74, 6) is 5.24. The van der Waals surface area contributed by atoms with Crippen molar-refractivity contribution >= 4 is 22.9 Å². The Bertz CT molecular complexity index is 570. The zero-order valence-corrected chi connectivity index (χ0v) is 12.4. The number of carbonyl (C=O) groups is 1. The molecule has 6 heteroatoms. The fraction of sp³-hybridized carbons (Fsp3) is 0.286. The van der Waals surface area contributed by atoms with Crippen LogP contribution in [0, 0.1) is 0 Å². The fourth-order valence-electron chi connectivity index (χ4n) is 1.87. The number of aromatic nitrogens is 1. The van der Waals surface area contributed by atoms with Gasteiger partial charge in [0.25, 0.3) is 5.91 Å². The van der Waals surface area contributed by atoms with Crippen LogP contribution >= 0.6 is 11.3 Å². The average molecular weight is 290 g/mol. The van der Waals surface area contributed by atoms with Crippen molar-refractivity contribution < 1.29 is 4.79 Å². The molecule has 0 spiro atoms. The first kappa shape index (κ1) is 14.5. The van der Waals surface area contributed by atoms with Gasteiger partial charge in [0, 0.05) is 30.6 Å². The van der Waals surface area contributed by atoms with E-state index in [0.717, 1.165) is 6.42 Å². The summed E-state index contributed by atoms with van der Waals surface area (Å²) in [5.41, 5.74) is 3.58. The van der Waals surface area contributed by atoms with Gasteiger partial charge in [-0.15, -0.1) is 11.3 Å². The molecule has 0 radical (unpaired) electrons. The van der Waals surface area contributed by atoms with Gasteiger partial charge in [-0.05, 0) is 30.5 Å². The van der Waals surface area contributed by atoms with Gasteiger partial charge >= 0.3 is 0 Å². The molecule has 106 valence electrons. The van der Waals surface area contributed by atoms with Crippen molar-refractivity contribution in [3.05, 3.63) is 46.4 Å². The van der Waals surface area contributed by atoms with Crippen LogP contribution in [0.4, 0.5) is 5.69 Å². The monoisotopic (exact) mass is 290 g/mol. The molecule has 0 aromatic carbocycles. The Morgan fingerprint density at radius 1 is 1.55 bits per heavy atom. The minimum Gasteiger partial charge on any atom is -0.337 e. The minimum atomic E-state index is -0.105. The number of pyridine rings is 1. The fourth-order valence-corrected chi connectivity index (χ4v) is 2.70. The van der Waals surface area contributed by atoms with Gasteiger partial charge < -0.3 is 10.3 Å². The van der Waals surface area contributed by atoms with Gasteiger partial charge in [-0.1, -0.05) is 6.07 Å². The summed E-state index contributed by atoms with van der Waals surface area (Å²) < 4.78 is 0. The Morgan fingerprint density at radius 2 is 2.35 bits per heavy atom. The normalized spacial score (nSPS) is 11.9. The first-order valence-corrected chi connectivity index (χ1v) is 7.22. The van der Waals surface area contributed by atoms with Crippen molar-refractivity contribution in [2.45, 2.75) is 19.4 Å². The standard InChI is InChI=1S/C14H18N4OS/c1-10(8-12-4-3-7-20-12)18(2)14(19)13-9-11(17-15)5-6-16-13/h3-7,9-10H,8,15H2,1-2H3,(H,16,17). The predicted octanol–water partition coefficient (Wildman–Crippen LogP) is 2.13. The molecule has 2 rings (SSSR count). The maximum absolute atomic E-state index is 12.4. The maximum atomic E-state index is 12.4. The number of hydrogen-bond acceptors (Lipinski definition) is 5. The van der Waals surface area contributed by atoms with Crippen LogP contribution in [0.15, 0.2) is 35.8 Å². The lowest BCUT2D eigenvalue weighted by molar-refractivity contribution is 0.0738. The lowest BCUT2D eigenvalue weighted by atomic mass is 10.1. The third-order valence-corrected chi connectivity index (χ3v) is 4.10. The Balaban J connectivity index is 2.07. The average Bonchev–Trinajstić information content (AvgIpc) is 2.98.